The molecule has 8 heteroatoms. The molecule has 1 amide bonds. The SMILES string of the molecule is COc1ccc2c(c1)OC[C@H](CNC(=O)c1nc[nH]c1C(=O)O)C2. The van der Waals surface area contributed by atoms with Crippen molar-refractivity contribution in [2.45, 2.75) is 6.42 Å². The van der Waals surface area contributed by atoms with Crippen molar-refractivity contribution in [2.75, 3.05) is 20.3 Å². The van der Waals surface area contributed by atoms with E-state index >= 15 is 0 Å². The molecule has 1 atom stereocenters. The maximum absolute atomic E-state index is 12.1. The van der Waals surface area contributed by atoms with Gasteiger partial charge in [0.25, 0.3) is 5.91 Å². The van der Waals surface area contributed by atoms with Crippen LogP contribution in [0, 0.1) is 5.92 Å². The van der Waals surface area contributed by atoms with Gasteiger partial charge in [-0.05, 0) is 18.1 Å². The number of fused-ring (bicyclic) bond motifs is 1. The summed E-state index contributed by atoms with van der Waals surface area (Å²) in [5, 5.41) is 11.7. The number of amides is 1. The second-order valence-electron chi connectivity index (χ2n) is 5.50. The lowest BCUT2D eigenvalue weighted by Gasteiger charge is -2.25. The van der Waals surface area contributed by atoms with E-state index in [0.717, 1.165) is 23.5 Å². The fraction of sp³-hybridized carbons (Fsp3) is 0.312. The molecule has 1 aromatic carbocycles. The molecule has 8 nitrogen and oxygen atoms in total. The van der Waals surface area contributed by atoms with E-state index in [9.17, 15) is 9.59 Å². The van der Waals surface area contributed by atoms with Crippen LogP contribution in [0.15, 0.2) is 24.5 Å². The highest BCUT2D eigenvalue weighted by Crippen LogP contribution is 2.30. The Kier molecular flexibility index (Phi) is 4.37. The van der Waals surface area contributed by atoms with Gasteiger partial charge in [-0.3, -0.25) is 4.79 Å². The highest BCUT2D eigenvalue weighted by molar-refractivity contribution is 6.02. The van der Waals surface area contributed by atoms with Crippen molar-refractivity contribution in [2.24, 2.45) is 5.92 Å². The number of carbonyl (C=O) groups is 2. The first kappa shape index (κ1) is 15.9. The molecule has 2 aromatic rings. The molecule has 1 aromatic heterocycles. The van der Waals surface area contributed by atoms with E-state index in [4.69, 9.17) is 14.6 Å². The molecule has 0 radical (unpaired) electrons. The van der Waals surface area contributed by atoms with Gasteiger partial charge in [0.1, 0.15) is 11.5 Å². The third-order valence-corrected chi connectivity index (χ3v) is 3.88. The number of imidazole rings is 1. The number of rotatable bonds is 5. The number of aromatic amines is 1. The largest absolute Gasteiger partial charge is 0.497 e. The summed E-state index contributed by atoms with van der Waals surface area (Å²) >= 11 is 0. The fourth-order valence-corrected chi connectivity index (χ4v) is 2.62. The second kappa shape index (κ2) is 6.61. The Balaban J connectivity index is 1.60. The molecule has 0 aliphatic carbocycles. The molecule has 3 N–H and O–H groups in total. The van der Waals surface area contributed by atoms with Crippen LogP contribution in [-0.4, -0.2) is 47.2 Å². The van der Waals surface area contributed by atoms with Crippen molar-refractivity contribution in [3.8, 4) is 11.5 Å². The monoisotopic (exact) mass is 331 g/mol. The molecular weight excluding hydrogens is 314 g/mol. The average Bonchev–Trinajstić information content (AvgIpc) is 3.09. The van der Waals surface area contributed by atoms with Gasteiger partial charge >= 0.3 is 5.97 Å². The Hall–Kier alpha value is -3.03. The molecule has 0 fully saturated rings. The molecular formula is C16H17N3O5. The Bertz CT molecular complexity index is 771. The summed E-state index contributed by atoms with van der Waals surface area (Å²) in [6.07, 6.45) is 1.94. The van der Waals surface area contributed by atoms with Gasteiger partial charge in [-0.1, -0.05) is 6.07 Å². The summed E-state index contributed by atoms with van der Waals surface area (Å²) in [4.78, 5) is 29.3. The van der Waals surface area contributed by atoms with Crippen molar-refractivity contribution >= 4 is 11.9 Å². The van der Waals surface area contributed by atoms with Crippen molar-refractivity contribution in [3.63, 3.8) is 0 Å². The summed E-state index contributed by atoms with van der Waals surface area (Å²) in [6.45, 7) is 0.836. The highest BCUT2D eigenvalue weighted by atomic mass is 16.5. The summed E-state index contributed by atoms with van der Waals surface area (Å²) in [6, 6.07) is 5.65. The van der Waals surface area contributed by atoms with Crippen LogP contribution < -0.4 is 14.8 Å². The Morgan fingerprint density at radius 3 is 3.08 bits per heavy atom. The van der Waals surface area contributed by atoms with Crippen LogP contribution in [0.4, 0.5) is 0 Å². The predicted molar refractivity (Wildman–Crippen MR) is 83.6 cm³/mol. The minimum absolute atomic E-state index is 0.0991. The number of carbonyl (C=O) groups excluding carboxylic acids is 1. The van der Waals surface area contributed by atoms with Crippen molar-refractivity contribution in [3.05, 3.63) is 41.5 Å². The van der Waals surface area contributed by atoms with Gasteiger partial charge in [-0.15, -0.1) is 0 Å². The van der Waals surface area contributed by atoms with Crippen LogP contribution in [-0.2, 0) is 6.42 Å². The zero-order valence-corrected chi connectivity index (χ0v) is 13.0. The van der Waals surface area contributed by atoms with Crippen LogP contribution in [0.5, 0.6) is 11.5 Å². The summed E-state index contributed by atoms with van der Waals surface area (Å²) in [5.41, 5.74) is 0.710. The average molecular weight is 331 g/mol. The van der Waals surface area contributed by atoms with E-state index in [2.05, 4.69) is 15.3 Å². The van der Waals surface area contributed by atoms with Gasteiger partial charge in [0.05, 0.1) is 20.0 Å². The smallest absolute Gasteiger partial charge is 0.354 e. The number of methoxy groups -OCH3 is 1. The number of ether oxygens (including phenoxy) is 2. The van der Waals surface area contributed by atoms with Gasteiger partial charge in [-0.25, -0.2) is 9.78 Å². The van der Waals surface area contributed by atoms with Crippen LogP contribution in [0.3, 0.4) is 0 Å². The number of H-pyrrole nitrogens is 1. The molecule has 0 saturated heterocycles. The minimum atomic E-state index is -1.22. The Morgan fingerprint density at radius 2 is 2.33 bits per heavy atom. The van der Waals surface area contributed by atoms with E-state index in [1.807, 2.05) is 18.2 Å². The van der Waals surface area contributed by atoms with Gasteiger partial charge in [-0.2, -0.15) is 0 Å². The van der Waals surface area contributed by atoms with E-state index in [1.54, 1.807) is 7.11 Å². The molecule has 126 valence electrons. The number of nitrogens with one attached hydrogen (secondary N) is 2. The van der Waals surface area contributed by atoms with Crippen LogP contribution in [0.2, 0.25) is 0 Å². The first-order chi connectivity index (χ1) is 11.6. The number of carboxylic acid groups (broad SMARTS) is 1. The number of hydrogen-bond donors (Lipinski definition) is 3. The minimum Gasteiger partial charge on any atom is -0.497 e. The van der Waals surface area contributed by atoms with E-state index < -0.39 is 11.9 Å². The van der Waals surface area contributed by atoms with Gasteiger partial charge in [0.2, 0.25) is 0 Å². The Labute approximate surface area is 137 Å². The zero-order valence-electron chi connectivity index (χ0n) is 13.0. The van der Waals surface area contributed by atoms with Crippen LogP contribution >= 0.6 is 0 Å². The normalized spacial score (nSPS) is 16.0. The van der Waals surface area contributed by atoms with Gasteiger partial charge < -0.3 is 24.9 Å². The van der Waals surface area contributed by atoms with Crippen molar-refractivity contribution in [1.82, 2.24) is 15.3 Å². The number of hydrogen-bond acceptors (Lipinski definition) is 5. The number of aromatic nitrogens is 2. The maximum Gasteiger partial charge on any atom is 0.354 e. The van der Waals surface area contributed by atoms with Crippen molar-refractivity contribution in [1.29, 1.82) is 0 Å². The molecule has 2 heterocycles. The highest BCUT2D eigenvalue weighted by Gasteiger charge is 2.23. The Morgan fingerprint density at radius 1 is 1.50 bits per heavy atom. The summed E-state index contributed by atoms with van der Waals surface area (Å²) in [7, 11) is 1.60. The van der Waals surface area contributed by atoms with Crippen molar-refractivity contribution < 1.29 is 24.2 Å². The summed E-state index contributed by atoms with van der Waals surface area (Å²) in [5.74, 6) is -0.115. The number of carboxylic acids is 1. The third kappa shape index (κ3) is 3.17. The molecule has 1 aliphatic heterocycles. The summed E-state index contributed by atoms with van der Waals surface area (Å²) < 4.78 is 10.9. The van der Waals surface area contributed by atoms with Gasteiger partial charge in [0.15, 0.2) is 11.4 Å². The third-order valence-electron chi connectivity index (χ3n) is 3.88. The van der Waals surface area contributed by atoms with Crippen LogP contribution in [0.1, 0.15) is 26.5 Å². The lowest BCUT2D eigenvalue weighted by atomic mass is 9.96. The molecule has 3 rings (SSSR count). The second-order valence-corrected chi connectivity index (χ2v) is 5.50. The fourth-order valence-electron chi connectivity index (χ4n) is 2.62. The van der Waals surface area contributed by atoms with E-state index in [1.165, 1.54) is 6.33 Å². The van der Waals surface area contributed by atoms with Crippen LogP contribution in [0.25, 0.3) is 0 Å². The first-order valence-electron chi connectivity index (χ1n) is 7.43. The molecule has 0 saturated carbocycles. The predicted octanol–water partition coefficient (Wildman–Crippen LogP) is 1.10. The number of nitrogens with zero attached hydrogens (tertiary/aromatic N) is 1. The van der Waals surface area contributed by atoms with Gasteiger partial charge in [0, 0.05) is 18.5 Å². The molecule has 1 aliphatic rings. The molecule has 0 spiro atoms. The first-order valence-corrected chi connectivity index (χ1v) is 7.43. The standard InChI is InChI=1S/C16H17N3O5/c1-23-11-3-2-10-4-9(7-24-12(10)5-11)6-17-15(20)13-14(16(21)22)19-8-18-13/h2-3,5,8-9H,4,6-7H2,1H3,(H,17,20)(H,18,19)(H,21,22)/t9-/m0/s1. The van der Waals surface area contributed by atoms with E-state index in [0.29, 0.717) is 13.2 Å². The number of aromatic carboxylic acids is 1. The quantitative estimate of drug-likeness (QED) is 0.756. The zero-order chi connectivity index (χ0) is 17.1. The van der Waals surface area contributed by atoms with E-state index in [-0.39, 0.29) is 17.3 Å². The number of benzene rings is 1. The molecule has 0 unspecified atom stereocenters. The molecule has 24 heavy (non-hydrogen) atoms. The topological polar surface area (TPSA) is 114 Å². The lowest BCUT2D eigenvalue weighted by molar-refractivity contribution is 0.0684. The maximum atomic E-state index is 12.1. The lowest BCUT2D eigenvalue weighted by Crippen LogP contribution is -2.35. The molecule has 0 bridgehead atoms.